The fourth-order valence-corrected chi connectivity index (χ4v) is 1.98. The quantitative estimate of drug-likeness (QED) is 0.819. The molecule has 1 atom stereocenters. The number of benzene rings is 2. The van der Waals surface area contributed by atoms with E-state index in [1.54, 1.807) is 18.2 Å². The van der Waals surface area contributed by atoms with Gasteiger partial charge < -0.3 is 10.8 Å². The summed E-state index contributed by atoms with van der Waals surface area (Å²) >= 11 is 5.82. The van der Waals surface area contributed by atoms with Crippen LogP contribution in [0.3, 0.4) is 0 Å². The maximum absolute atomic E-state index is 10.1. The second-order valence-electron chi connectivity index (χ2n) is 3.98. The SMILES string of the molecule is Nc1cc(Cl)ccc1C(O)Cc1ccccc1. The van der Waals surface area contributed by atoms with Crippen molar-refractivity contribution in [1.29, 1.82) is 0 Å². The average molecular weight is 248 g/mol. The lowest BCUT2D eigenvalue weighted by Gasteiger charge is -2.13. The number of anilines is 1. The van der Waals surface area contributed by atoms with E-state index in [2.05, 4.69) is 0 Å². The fourth-order valence-electron chi connectivity index (χ4n) is 1.80. The Kier molecular flexibility index (Phi) is 3.67. The standard InChI is InChI=1S/C14H14ClNO/c15-11-6-7-12(13(16)9-11)14(17)8-10-4-2-1-3-5-10/h1-7,9,14,17H,8,16H2. The number of nitrogen functional groups attached to an aromatic ring is 1. The molecule has 3 heteroatoms. The summed E-state index contributed by atoms with van der Waals surface area (Å²) in [5.74, 6) is 0. The van der Waals surface area contributed by atoms with Crippen molar-refractivity contribution in [3.8, 4) is 0 Å². The Morgan fingerprint density at radius 3 is 2.47 bits per heavy atom. The first-order valence-electron chi connectivity index (χ1n) is 5.44. The molecule has 0 aliphatic rings. The third kappa shape index (κ3) is 2.99. The lowest BCUT2D eigenvalue weighted by Crippen LogP contribution is -2.05. The number of nitrogens with two attached hydrogens (primary N) is 1. The van der Waals surface area contributed by atoms with Crippen LogP contribution in [0.1, 0.15) is 17.2 Å². The van der Waals surface area contributed by atoms with Crippen LogP contribution in [-0.2, 0) is 6.42 Å². The molecular formula is C14H14ClNO. The van der Waals surface area contributed by atoms with Gasteiger partial charge in [0, 0.05) is 22.7 Å². The summed E-state index contributed by atoms with van der Waals surface area (Å²) in [7, 11) is 0. The minimum absolute atomic E-state index is 0.529. The van der Waals surface area contributed by atoms with E-state index in [1.807, 2.05) is 30.3 Å². The molecule has 0 saturated carbocycles. The van der Waals surface area contributed by atoms with E-state index in [-0.39, 0.29) is 0 Å². The smallest absolute Gasteiger partial charge is 0.0850 e. The van der Waals surface area contributed by atoms with E-state index in [1.165, 1.54) is 0 Å². The van der Waals surface area contributed by atoms with Gasteiger partial charge >= 0.3 is 0 Å². The van der Waals surface area contributed by atoms with Gasteiger partial charge in [0.25, 0.3) is 0 Å². The van der Waals surface area contributed by atoms with E-state index in [0.29, 0.717) is 17.1 Å². The molecule has 17 heavy (non-hydrogen) atoms. The van der Waals surface area contributed by atoms with Crippen LogP contribution in [0.2, 0.25) is 5.02 Å². The monoisotopic (exact) mass is 247 g/mol. The minimum Gasteiger partial charge on any atom is -0.398 e. The first-order chi connectivity index (χ1) is 8.16. The second kappa shape index (κ2) is 5.21. The highest BCUT2D eigenvalue weighted by atomic mass is 35.5. The zero-order chi connectivity index (χ0) is 12.3. The third-order valence-corrected chi connectivity index (χ3v) is 2.91. The predicted octanol–water partition coefficient (Wildman–Crippen LogP) is 3.20. The molecule has 2 aromatic rings. The van der Waals surface area contributed by atoms with E-state index in [0.717, 1.165) is 11.1 Å². The Bertz CT molecular complexity index is 499. The Hall–Kier alpha value is -1.51. The number of aliphatic hydroxyl groups is 1. The molecule has 3 N–H and O–H groups in total. The van der Waals surface area contributed by atoms with Gasteiger partial charge in [-0.05, 0) is 17.7 Å². The van der Waals surface area contributed by atoms with Crippen LogP contribution in [-0.4, -0.2) is 5.11 Å². The maximum Gasteiger partial charge on any atom is 0.0850 e. The molecule has 0 aliphatic heterocycles. The Balaban J connectivity index is 2.17. The fraction of sp³-hybridized carbons (Fsp3) is 0.143. The number of rotatable bonds is 3. The van der Waals surface area contributed by atoms with E-state index in [9.17, 15) is 5.11 Å². The highest BCUT2D eigenvalue weighted by molar-refractivity contribution is 6.30. The topological polar surface area (TPSA) is 46.2 Å². The first-order valence-corrected chi connectivity index (χ1v) is 5.81. The minimum atomic E-state index is -0.602. The molecule has 0 saturated heterocycles. The zero-order valence-corrected chi connectivity index (χ0v) is 10.1. The summed E-state index contributed by atoms with van der Waals surface area (Å²) < 4.78 is 0. The molecule has 2 aromatic carbocycles. The van der Waals surface area contributed by atoms with Gasteiger partial charge in [-0.2, -0.15) is 0 Å². The number of aliphatic hydroxyl groups excluding tert-OH is 1. The number of halogens is 1. The molecule has 0 aromatic heterocycles. The molecule has 88 valence electrons. The zero-order valence-electron chi connectivity index (χ0n) is 9.31. The predicted molar refractivity (Wildman–Crippen MR) is 71.0 cm³/mol. The summed E-state index contributed by atoms with van der Waals surface area (Å²) in [4.78, 5) is 0. The van der Waals surface area contributed by atoms with Gasteiger partial charge in [0.1, 0.15) is 0 Å². The summed E-state index contributed by atoms with van der Waals surface area (Å²) in [6, 6.07) is 15.0. The normalized spacial score (nSPS) is 12.4. The largest absolute Gasteiger partial charge is 0.398 e. The summed E-state index contributed by atoms with van der Waals surface area (Å²) in [5, 5.41) is 10.7. The molecule has 0 bridgehead atoms. The van der Waals surface area contributed by atoms with Crippen molar-refractivity contribution in [3.05, 3.63) is 64.7 Å². The van der Waals surface area contributed by atoms with Crippen molar-refractivity contribution >= 4 is 17.3 Å². The molecule has 2 nitrogen and oxygen atoms in total. The van der Waals surface area contributed by atoms with Crippen LogP contribution in [0, 0.1) is 0 Å². The highest BCUT2D eigenvalue weighted by Gasteiger charge is 2.11. The summed E-state index contributed by atoms with van der Waals surface area (Å²) in [6.07, 6.45) is -0.0539. The van der Waals surface area contributed by atoms with Crippen LogP contribution in [0.4, 0.5) is 5.69 Å². The van der Waals surface area contributed by atoms with Crippen molar-refractivity contribution in [2.75, 3.05) is 5.73 Å². The Morgan fingerprint density at radius 2 is 1.82 bits per heavy atom. The molecular weight excluding hydrogens is 234 g/mol. The van der Waals surface area contributed by atoms with Crippen molar-refractivity contribution in [3.63, 3.8) is 0 Å². The van der Waals surface area contributed by atoms with E-state index in [4.69, 9.17) is 17.3 Å². The molecule has 0 aliphatic carbocycles. The Labute approximate surface area is 106 Å². The number of hydrogen-bond acceptors (Lipinski definition) is 2. The lowest BCUT2D eigenvalue weighted by atomic mass is 10.0. The molecule has 0 spiro atoms. The first kappa shape index (κ1) is 12.0. The third-order valence-electron chi connectivity index (χ3n) is 2.68. The van der Waals surface area contributed by atoms with Gasteiger partial charge in [0.05, 0.1) is 6.10 Å². The van der Waals surface area contributed by atoms with Gasteiger partial charge in [-0.1, -0.05) is 48.0 Å². The lowest BCUT2D eigenvalue weighted by molar-refractivity contribution is 0.179. The maximum atomic E-state index is 10.1. The van der Waals surface area contributed by atoms with Crippen molar-refractivity contribution in [2.24, 2.45) is 0 Å². The highest BCUT2D eigenvalue weighted by Crippen LogP contribution is 2.26. The molecule has 0 fully saturated rings. The summed E-state index contributed by atoms with van der Waals surface area (Å²) in [6.45, 7) is 0. The van der Waals surface area contributed by atoms with Crippen LogP contribution in [0.5, 0.6) is 0 Å². The van der Waals surface area contributed by atoms with E-state index >= 15 is 0 Å². The van der Waals surface area contributed by atoms with Crippen LogP contribution >= 0.6 is 11.6 Å². The van der Waals surface area contributed by atoms with Gasteiger partial charge in [-0.15, -0.1) is 0 Å². The molecule has 0 radical (unpaired) electrons. The number of hydrogen-bond donors (Lipinski definition) is 2. The van der Waals surface area contributed by atoms with Crippen molar-refractivity contribution in [2.45, 2.75) is 12.5 Å². The average Bonchev–Trinajstić information content (AvgIpc) is 2.30. The van der Waals surface area contributed by atoms with Gasteiger partial charge in [-0.25, -0.2) is 0 Å². The van der Waals surface area contributed by atoms with Gasteiger partial charge in [-0.3, -0.25) is 0 Å². The second-order valence-corrected chi connectivity index (χ2v) is 4.42. The van der Waals surface area contributed by atoms with E-state index < -0.39 is 6.10 Å². The van der Waals surface area contributed by atoms with Gasteiger partial charge in [0.15, 0.2) is 0 Å². The Morgan fingerprint density at radius 1 is 1.12 bits per heavy atom. The molecule has 0 heterocycles. The van der Waals surface area contributed by atoms with Crippen LogP contribution in [0.15, 0.2) is 48.5 Å². The molecule has 2 rings (SSSR count). The van der Waals surface area contributed by atoms with Crippen molar-refractivity contribution < 1.29 is 5.11 Å². The van der Waals surface area contributed by atoms with Crippen molar-refractivity contribution in [1.82, 2.24) is 0 Å². The molecule has 1 unspecified atom stereocenters. The van der Waals surface area contributed by atoms with Crippen LogP contribution < -0.4 is 5.73 Å². The summed E-state index contributed by atoms with van der Waals surface area (Å²) in [5.41, 5.74) is 8.16. The molecule has 0 amide bonds. The van der Waals surface area contributed by atoms with Crippen LogP contribution in [0.25, 0.3) is 0 Å². The van der Waals surface area contributed by atoms with Gasteiger partial charge in [0.2, 0.25) is 0 Å².